The van der Waals surface area contributed by atoms with Gasteiger partial charge < -0.3 is 14.8 Å². The summed E-state index contributed by atoms with van der Waals surface area (Å²) in [6, 6.07) is 11.1. The van der Waals surface area contributed by atoms with Crippen LogP contribution < -0.4 is 14.8 Å². The van der Waals surface area contributed by atoms with Gasteiger partial charge in [0.2, 0.25) is 0 Å². The van der Waals surface area contributed by atoms with Gasteiger partial charge in [0.05, 0.1) is 17.7 Å². The Balaban J connectivity index is 1.85. The van der Waals surface area contributed by atoms with Gasteiger partial charge >= 0.3 is 5.97 Å². The molecule has 3 rings (SSSR count). The lowest BCUT2D eigenvalue weighted by atomic mass is 10.1. The zero-order valence-corrected chi connectivity index (χ0v) is 16.8. The Labute approximate surface area is 167 Å². The number of rotatable bonds is 4. The minimum atomic E-state index is -0.428. The van der Waals surface area contributed by atoms with Crippen LogP contribution in [0.25, 0.3) is 6.08 Å². The molecular formula is C21H20N2O4S. The largest absolute Gasteiger partial charge is 0.493 e. The van der Waals surface area contributed by atoms with Crippen molar-refractivity contribution >= 4 is 40.6 Å². The highest BCUT2D eigenvalue weighted by Crippen LogP contribution is 2.32. The summed E-state index contributed by atoms with van der Waals surface area (Å²) < 4.78 is 10.4. The molecule has 1 N–H and O–H groups in total. The van der Waals surface area contributed by atoms with Crippen LogP contribution in [0.1, 0.15) is 23.6 Å². The van der Waals surface area contributed by atoms with Crippen LogP contribution in [-0.4, -0.2) is 24.2 Å². The number of thioether (sulfide) groups is 1. The zero-order chi connectivity index (χ0) is 20.3. The van der Waals surface area contributed by atoms with Crippen molar-refractivity contribution in [2.75, 3.05) is 7.11 Å². The van der Waals surface area contributed by atoms with Gasteiger partial charge in [-0.3, -0.25) is 9.59 Å². The Morgan fingerprint density at radius 2 is 1.93 bits per heavy atom. The van der Waals surface area contributed by atoms with E-state index in [-0.39, 0.29) is 5.91 Å². The van der Waals surface area contributed by atoms with Gasteiger partial charge in [-0.2, -0.15) is 0 Å². The van der Waals surface area contributed by atoms with E-state index in [9.17, 15) is 9.59 Å². The van der Waals surface area contributed by atoms with Crippen molar-refractivity contribution in [1.29, 1.82) is 0 Å². The second kappa shape index (κ2) is 8.31. The fraction of sp³-hybridized carbons (Fsp3) is 0.190. The molecule has 7 heteroatoms. The standard InChI is InChI=1S/C21H20N2O4S/c1-12-5-6-13(2)16(9-12)22-21-23-20(25)19(28-21)11-15-7-8-17(27-14(3)24)18(10-15)26-4/h5-11H,1-4H3,(H,22,23,25)/b19-11-. The van der Waals surface area contributed by atoms with Gasteiger partial charge in [0, 0.05) is 6.92 Å². The lowest BCUT2D eigenvalue weighted by Crippen LogP contribution is -2.19. The molecule has 0 unspecified atom stereocenters. The molecule has 1 heterocycles. The van der Waals surface area contributed by atoms with E-state index in [0.29, 0.717) is 21.6 Å². The molecule has 0 bridgehead atoms. The van der Waals surface area contributed by atoms with Crippen molar-refractivity contribution < 1.29 is 19.1 Å². The number of hydrogen-bond donors (Lipinski definition) is 1. The van der Waals surface area contributed by atoms with Gasteiger partial charge in [-0.05, 0) is 66.6 Å². The predicted octanol–water partition coefficient (Wildman–Crippen LogP) is 4.13. The highest BCUT2D eigenvalue weighted by molar-refractivity contribution is 8.18. The van der Waals surface area contributed by atoms with Crippen LogP contribution in [0, 0.1) is 13.8 Å². The molecule has 2 aromatic carbocycles. The second-order valence-electron chi connectivity index (χ2n) is 6.28. The number of nitrogens with one attached hydrogen (secondary N) is 1. The molecule has 1 saturated heterocycles. The van der Waals surface area contributed by atoms with E-state index in [1.54, 1.807) is 24.3 Å². The Hall–Kier alpha value is -3.06. The van der Waals surface area contributed by atoms with Gasteiger partial charge in [0.1, 0.15) is 0 Å². The van der Waals surface area contributed by atoms with Crippen LogP contribution in [0.3, 0.4) is 0 Å². The van der Waals surface area contributed by atoms with Gasteiger partial charge in [-0.1, -0.05) is 18.2 Å². The van der Waals surface area contributed by atoms with Crippen LogP contribution in [0.4, 0.5) is 5.69 Å². The smallest absolute Gasteiger partial charge is 0.308 e. The third kappa shape index (κ3) is 4.61. The van der Waals surface area contributed by atoms with E-state index in [0.717, 1.165) is 22.4 Å². The molecule has 6 nitrogen and oxygen atoms in total. The number of ether oxygens (including phenoxy) is 2. The maximum Gasteiger partial charge on any atom is 0.308 e. The van der Waals surface area contributed by atoms with Crippen molar-refractivity contribution in [3.8, 4) is 11.5 Å². The molecule has 0 saturated carbocycles. The molecule has 0 aromatic heterocycles. The summed E-state index contributed by atoms with van der Waals surface area (Å²) in [6.45, 7) is 5.31. The molecule has 0 aliphatic carbocycles. The number of amides is 1. The van der Waals surface area contributed by atoms with Gasteiger partial charge in [-0.25, -0.2) is 4.99 Å². The molecule has 144 valence electrons. The first-order chi connectivity index (χ1) is 13.4. The quantitative estimate of drug-likeness (QED) is 0.478. The average Bonchev–Trinajstić information content (AvgIpc) is 2.98. The van der Waals surface area contributed by atoms with Gasteiger partial charge in [0.25, 0.3) is 5.91 Å². The number of hydrogen-bond acceptors (Lipinski definition) is 6. The molecule has 0 atom stereocenters. The predicted molar refractivity (Wildman–Crippen MR) is 111 cm³/mol. The summed E-state index contributed by atoms with van der Waals surface area (Å²) in [4.78, 5) is 28.6. The van der Waals surface area contributed by atoms with Crippen LogP contribution in [-0.2, 0) is 9.59 Å². The number of benzene rings is 2. The topological polar surface area (TPSA) is 77.0 Å². The number of methoxy groups -OCH3 is 1. The van der Waals surface area contributed by atoms with E-state index >= 15 is 0 Å². The normalized spacial score (nSPS) is 16.4. The molecule has 0 radical (unpaired) electrons. The Morgan fingerprint density at radius 3 is 2.64 bits per heavy atom. The van der Waals surface area contributed by atoms with E-state index in [2.05, 4.69) is 10.3 Å². The minimum Gasteiger partial charge on any atom is -0.493 e. The fourth-order valence-electron chi connectivity index (χ4n) is 2.59. The summed E-state index contributed by atoms with van der Waals surface area (Å²) in [5, 5.41) is 3.33. The second-order valence-corrected chi connectivity index (χ2v) is 7.31. The van der Waals surface area contributed by atoms with E-state index in [1.807, 2.05) is 32.0 Å². The molecule has 1 fully saturated rings. The fourth-order valence-corrected chi connectivity index (χ4v) is 3.43. The summed E-state index contributed by atoms with van der Waals surface area (Å²) in [6.07, 6.45) is 1.74. The van der Waals surface area contributed by atoms with Gasteiger partial charge in [-0.15, -0.1) is 0 Å². The first-order valence-electron chi connectivity index (χ1n) is 8.59. The van der Waals surface area contributed by atoms with Crippen molar-refractivity contribution in [3.63, 3.8) is 0 Å². The molecular weight excluding hydrogens is 376 g/mol. The number of aryl methyl sites for hydroxylation is 2. The van der Waals surface area contributed by atoms with Crippen molar-refractivity contribution in [2.45, 2.75) is 20.8 Å². The monoisotopic (exact) mass is 396 g/mol. The lowest BCUT2D eigenvalue weighted by molar-refractivity contribution is -0.132. The third-order valence-corrected chi connectivity index (χ3v) is 4.89. The SMILES string of the molecule is COc1cc(/C=C2\SC(=Nc3cc(C)ccc3C)NC2=O)ccc1OC(C)=O. The zero-order valence-electron chi connectivity index (χ0n) is 16.0. The summed E-state index contributed by atoms with van der Waals surface area (Å²) in [7, 11) is 1.49. The molecule has 1 amide bonds. The van der Waals surface area contributed by atoms with Gasteiger partial charge in [0.15, 0.2) is 16.7 Å². The number of carbonyl (C=O) groups excluding carboxylic acids is 2. The number of carbonyl (C=O) groups is 2. The average molecular weight is 396 g/mol. The number of esters is 1. The summed E-state index contributed by atoms with van der Waals surface area (Å²) >= 11 is 1.28. The maximum atomic E-state index is 12.3. The van der Waals surface area contributed by atoms with E-state index in [1.165, 1.54) is 25.8 Å². The summed E-state index contributed by atoms with van der Waals surface area (Å²) in [5.41, 5.74) is 3.72. The minimum absolute atomic E-state index is 0.211. The van der Waals surface area contributed by atoms with Crippen molar-refractivity contribution in [3.05, 3.63) is 58.0 Å². The van der Waals surface area contributed by atoms with Crippen molar-refractivity contribution in [1.82, 2.24) is 5.32 Å². The lowest BCUT2D eigenvalue weighted by Gasteiger charge is -2.08. The Kier molecular flexibility index (Phi) is 5.84. The number of amidine groups is 1. The highest BCUT2D eigenvalue weighted by Gasteiger charge is 2.24. The van der Waals surface area contributed by atoms with Crippen molar-refractivity contribution in [2.24, 2.45) is 4.99 Å². The number of aliphatic imine (C=N–C) groups is 1. The Morgan fingerprint density at radius 1 is 1.14 bits per heavy atom. The molecule has 2 aromatic rings. The summed E-state index contributed by atoms with van der Waals surface area (Å²) in [5.74, 6) is 0.106. The third-order valence-electron chi connectivity index (χ3n) is 3.98. The first kappa shape index (κ1) is 19.7. The molecule has 28 heavy (non-hydrogen) atoms. The Bertz CT molecular complexity index is 1010. The number of nitrogens with zero attached hydrogens (tertiary/aromatic N) is 1. The highest BCUT2D eigenvalue weighted by atomic mass is 32.2. The van der Waals surface area contributed by atoms with E-state index in [4.69, 9.17) is 9.47 Å². The van der Waals surface area contributed by atoms with E-state index < -0.39 is 5.97 Å². The van der Waals surface area contributed by atoms with Crippen LogP contribution in [0.15, 0.2) is 46.3 Å². The maximum absolute atomic E-state index is 12.3. The first-order valence-corrected chi connectivity index (χ1v) is 9.40. The van der Waals surface area contributed by atoms with Crippen LogP contribution >= 0.6 is 11.8 Å². The van der Waals surface area contributed by atoms with Crippen LogP contribution in [0.2, 0.25) is 0 Å². The molecule has 1 aliphatic rings. The van der Waals surface area contributed by atoms with Crippen LogP contribution in [0.5, 0.6) is 11.5 Å². The molecule has 1 aliphatic heterocycles. The molecule has 0 spiro atoms.